The largest absolute Gasteiger partial charge is 0.266 e. The van der Waals surface area contributed by atoms with Crippen molar-refractivity contribution in [3.63, 3.8) is 0 Å². The highest BCUT2D eigenvalue weighted by Crippen LogP contribution is 2.25. The molecular formula is C25H23N5O2S2. The Hall–Kier alpha value is -3.56. The van der Waals surface area contributed by atoms with E-state index in [9.17, 15) is 8.42 Å². The Morgan fingerprint density at radius 1 is 0.882 bits per heavy atom. The SMILES string of the molecule is Cc1ccc(N(CCc2nnc3sc(Cc4ccccc4)nn23)S(=O)(=O)c2ccccc2)cc1. The third kappa shape index (κ3) is 4.57. The van der Waals surface area contributed by atoms with Crippen molar-refractivity contribution in [2.24, 2.45) is 0 Å². The van der Waals surface area contributed by atoms with Crippen LogP contribution in [-0.4, -0.2) is 34.8 Å². The lowest BCUT2D eigenvalue weighted by Crippen LogP contribution is -2.33. The molecule has 0 radical (unpaired) electrons. The molecule has 0 unspecified atom stereocenters. The first kappa shape index (κ1) is 22.2. The van der Waals surface area contributed by atoms with E-state index < -0.39 is 10.0 Å². The van der Waals surface area contributed by atoms with Crippen LogP contribution in [0, 0.1) is 6.92 Å². The third-order valence-electron chi connectivity index (χ3n) is 5.49. The molecule has 0 saturated carbocycles. The summed E-state index contributed by atoms with van der Waals surface area (Å²) >= 11 is 1.49. The van der Waals surface area contributed by atoms with E-state index in [4.69, 9.17) is 5.10 Å². The zero-order valence-electron chi connectivity index (χ0n) is 18.6. The van der Waals surface area contributed by atoms with Crippen molar-refractivity contribution in [3.05, 3.63) is 107 Å². The molecule has 3 aromatic carbocycles. The van der Waals surface area contributed by atoms with Gasteiger partial charge >= 0.3 is 0 Å². The fourth-order valence-electron chi connectivity index (χ4n) is 3.72. The molecule has 9 heteroatoms. The lowest BCUT2D eigenvalue weighted by molar-refractivity contribution is 0.589. The number of sulfonamides is 1. The lowest BCUT2D eigenvalue weighted by Gasteiger charge is -2.24. The van der Waals surface area contributed by atoms with Crippen LogP contribution in [-0.2, 0) is 22.9 Å². The first-order chi connectivity index (χ1) is 16.5. The molecule has 0 saturated heterocycles. The van der Waals surface area contributed by atoms with E-state index in [1.54, 1.807) is 34.8 Å². The van der Waals surface area contributed by atoms with Crippen LogP contribution in [0.4, 0.5) is 5.69 Å². The molecule has 7 nitrogen and oxygen atoms in total. The summed E-state index contributed by atoms with van der Waals surface area (Å²) in [5, 5.41) is 14.2. The quantitative estimate of drug-likeness (QED) is 0.320. The van der Waals surface area contributed by atoms with Gasteiger partial charge in [0.25, 0.3) is 10.0 Å². The second-order valence-corrected chi connectivity index (χ2v) is 10.8. The van der Waals surface area contributed by atoms with Gasteiger partial charge in [-0.2, -0.15) is 9.61 Å². The Kier molecular flexibility index (Phi) is 6.12. The van der Waals surface area contributed by atoms with Gasteiger partial charge in [-0.3, -0.25) is 4.31 Å². The summed E-state index contributed by atoms with van der Waals surface area (Å²) in [7, 11) is -3.75. The fourth-order valence-corrected chi connectivity index (χ4v) is 6.09. The van der Waals surface area contributed by atoms with Crippen LogP contribution in [0.1, 0.15) is 22.0 Å². The minimum atomic E-state index is -3.75. The van der Waals surface area contributed by atoms with Crippen LogP contribution in [0.15, 0.2) is 89.8 Å². The van der Waals surface area contributed by atoms with Crippen molar-refractivity contribution >= 4 is 32.0 Å². The van der Waals surface area contributed by atoms with Crippen LogP contribution >= 0.6 is 11.3 Å². The fraction of sp³-hybridized carbons (Fsp3) is 0.160. The van der Waals surface area contributed by atoms with Gasteiger partial charge in [-0.15, -0.1) is 10.2 Å². The van der Waals surface area contributed by atoms with Gasteiger partial charge in [0.05, 0.1) is 10.6 Å². The molecule has 2 heterocycles. The van der Waals surface area contributed by atoms with Crippen molar-refractivity contribution in [2.45, 2.75) is 24.7 Å². The van der Waals surface area contributed by atoms with E-state index in [1.807, 2.05) is 49.4 Å². The Morgan fingerprint density at radius 2 is 1.56 bits per heavy atom. The summed E-state index contributed by atoms with van der Waals surface area (Å²) in [5.41, 5.74) is 2.85. The van der Waals surface area contributed by atoms with E-state index in [2.05, 4.69) is 22.3 Å². The topological polar surface area (TPSA) is 80.5 Å². The zero-order valence-corrected chi connectivity index (χ0v) is 20.2. The van der Waals surface area contributed by atoms with Crippen LogP contribution in [0.2, 0.25) is 0 Å². The van der Waals surface area contributed by atoms with Crippen molar-refractivity contribution in [1.29, 1.82) is 0 Å². The molecule has 0 atom stereocenters. The number of anilines is 1. The van der Waals surface area contributed by atoms with E-state index in [-0.39, 0.29) is 11.4 Å². The van der Waals surface area contributed by atoms with Gasteiger partial charge in [0.2, 0.25) is 4.96 Å². The highest BCUT2D eigenvalue weighted by molar-refractivity contribution is 7.92. The number of aryl methyl sites for hydroxylation is 1. The summed E-state index contributed by atoms with van der Waals surface area (Å²) in [4.78, 5) is 0.953. The molecule has 0 N–H and O–H groups in total. The molecule has 0 aliphatic rings. The molecule has 0 bridgehead atoms. The Morgan fingerprint density at radius 3 is 2.26 bits per heavy atom. The number of hydrogen-bond donors (Lipinski definition) is 0. The number of aromatic nitrogens is 4. The third-order valence-corrected chi connectivity index (χ3v) is 8.23. The number of fused-ring (bicyclic) bond motifs is 1. The molecular weight excluding hydrogens is 466 g/mol. The lowest BCUT2D eigenvalue weighted by atomic mass is 10.2. The molecule has 5 aromatic rings. The van der Waals surface area contributed by atoms with Crippen molar-refractivity contribution < 1.29 is 8.42 Å². The minimum absolute atomic E-state index is 0.215. The van der Waals surface area contributed by atoms with E-state index in [0.717, 1.165) is 10.6 Å². The van der Waals surface area contributed by atoms with Gasteiger partial charge in [-0.05, 0) is 36.8 Å². The normalized spacial score (nSPS) is 11.7. The average Bonchev–Trinajstić information content (AvgIpc) is 3.42. The van der Waals surface area contributed by atoms with Gasteiger partial charge in [0, 0.05) is 19.4 Å². The molecule has 0 amide bonds. The zero-order chi connectivity index (χ0) is 23.5. The van der Waals surface area contributed by atoms with Gasteiger partial charge in [-0.1, -0.05) is 77.6 Å². The molecule has 0 aliphatic heterocycles. The van der Waals surface area contributed by atoms with Crippen LogP contribution in [0.5, 0.6) is 0 Å². The predicted octanol–water partition coefficient (Wildman–Crippen LogP) is 4.52. The number of nitrogens with zero attached hydrogens (tertiary/aromatic N) is 5. The molecule has 5 rings (SSSR count). The monoisotopic (exact) mass is 489 g/mol. The van der Waals surface area contributed by atoms with E-state index in [0.29, 0.717) is 29.3 Å². The molecule has 0 aliphatic carbocycles. The number of benzene rings is 3. The van der Waals surface area contributed by atoms with Crippen molar-refractivity contribution in [2.75, 3.05) is 10.8 Å². The maximum Gasteiger partial charge on any atom is 0.264 e. The minimum Gasteiger partial charge on any atom is -0.266 e. The Balaban J connectivity index is 1.42. The van der Waals surface area contributed by atoms with E-state index >= 15 is 0 Å². The standard InChI is InChI=1S/C25H23N5O2S2/c1-19-12-14-21(15-13-19)29(34(31,32)22-10-6-3-7-11-22)17-16-23-26-27-25-30(23)28-24(33-25)18-20-8-4-2-5-9-20/h2-15H,16-18H2,1H3. The highest BCUT2D eigenvalue weighted by atomic mass is 32.2. The first-order valence-corrected chi connectivity index (χ1v) is 13.1. The van der Waals surface area contributed by atoms with Crippen molar-refractivity contribution in [1.82, 2.24) is 19.8 Å². The van der Waals surface area contributed by atoms with Gasteiger partial charge in [-0.25, -0.2) is 8.42 Å². The molecule has 0 fully saturated rings. The summed E-state index contributed by atoms with van der Waals surface area (Å²) < 4.78 is 30.2. The first-order valence-electron chi connectivity index (χ1n) is 10.9. The van der Waals surface area contributed by atoms with Gasteiger partial charge in [0.1, 0.15) is 5.01 Å². The summed E-state index contributed by atoms with van der Waals surface area (Å²) in [6, 6.07) is 26.1. The average molecular weight is 490 g/mol. The summed E-state index contributed by atoms with van der Waals surface area (Å²) in [6.07, 6.45) is 1.09. The maximum absolute atomic E-state index is 13.5. The van der Waals surface area contributed by atoms with Gasteiger partial charge in [0.15, 0.2) is 5.82 Å². The highest BCUT2D eigenvalue weighted by Gasteiger charge is 2.25. The van der Waals surface area contributed by atoms with E-state index in [1.165, 1.54) is 21.2 Å². The molecule has 2 aromatic heterocycles. The number of rotatable bonds is 8. The van der Waals surface area contributed by atoms with Gasteiger partial charge < -0.3 is 0 Å². The Bertz CT molecular complexity index is 1500. The van der Waals surface area contributed by atoms with Crippen LogP contribution < -0.4 is 4.31 Å². The van der Waals surface area contributed by atoms with Crippen LogP contribution in [0.25, 0.3) is 4.96 Å². The smallest absolute Gasteiger partial charge is 0.264 e. The van der Waals surface area contributed by atoms with Crippen LogP contribution in [0.3, 0.4) is 0 Å². The predicted molar refractivity (Wildman–Crippen MR) is 134 cm³/mol. The number of hydrogen-bond acceptors (Lipinski definition) is 6. The molecule has 172 valence electrons. The van der Waals surface area contributed by atoms with Crippen molar-refractivity contribution in [3.8, 4) is 0 Å². The Labute approximate surface area is 202 Å². The summed E-state index contributed by atoms with van der Waals surface area (Å²) in [5.74, 6) is 0.630. The maximum atomic E-state index is 13.5. The molecule has 34 heavy (non-hydrogen) atoms. The second-order valence-electron chi connectivity index (χ2n) is 7.94. The molecule has 0 spiro atoms. The second kappa shape index (κ2) is 9.36. The summed E-state index contributed by atoms with van der Waals surface area (Å²) in [6.45, 7) is 2.19.